The molecule has 3 rings (SSSR count). The molecule has 0 saturated carbocycles. The number of methoxy groups -OCH3 is 1. The molecular formula is C14H20N2O. The normalized spacial score (nSPS) is 25.9. The first-order chi connectivity index (χ1) is 8.25. The topological polar surface area (TPSA) is 47.3 Å². The fraction of sp³-hybridized carbons (Fsp3) is 0.571. The van der Waals surface area contributed by atoms with Crippen molar-refractivity contribution >= 4 is 0 Å². The van der Waals surface area contributed by atoms with Crippen LogP contribution >= 0.6 is 0 Å². The molecule has 0 radical (unpaired) electrons. The van der Waals surface area contributed by atoms with Gasteiger partial charge in [-0.1, -0.05) is 6.07 Å². The van der Waals surface area contributed by atoms with Crippen LogP contribution in [0.2, 0.25) is 0 Å². The highest BCUT2D eigenvalue weighted by Gasteiger charge is 2.44. The summed E-state index contributed by atoms with van der Waals surface area (Å²) >= 11 is 0. The average Bonchev–Trinajstić information content (AvgIpc) is 2.63. The van der Waals surface area contributed by atoms with Gasteiger partial charge in [0.05, 0.1) is 7.11 Å². The quantitative estimate of drug-likeness (QED) is 0.773. The van der Waals surface area contributed by atoms with Crippen LogP contribution in [0.3, 0.4) is 0 Å². The Labute approximate surface area is 102 Å². The van der Waals surface area contributed by atoms with Crippen LogP contribution < -0.4 is 15.8 Å². The number of nitrogens with two attached hydrogens (primary N) is 1. The largest absolute Gasteiger partial charge is 0.497 e. The van der Waals surface area contributed by atoms with Gasteiger partial charge in [0.25, 0.3) is 0 Å². The summed E-state index contributed by atoms with van der Waals surface area (Å²) in [5.41, 5.74) is 9.48. The van der Waals surface area contributed by atoms with E-state index in [9.17, 15) is 0 Å². The van der Waals surface area contributed by atoms with Gasteiger partial charge in [-0.2, -0.15) is 0 Å². The molecule has 1 saturated heterocycles. The zero-order valence-electron chi connectivity index (χ0n) is 10.3. The standard InChI is InChI=1S/C14H20N2O/c1-17-11-2-3-12-10(8-11)9-14(13(12)15)4-6-16-7-5-14/h2-3,8,13,16H,4-7,9,15H2,1H3/t13-/m1/s1. The Kier molecular flexibility index (Phi) is 2.60. The third-order valence-corrected chi connectivity index (χ3v) is 4.49. The van der Waals surface area contributed by atoms with Gasteiger partial charge in [-0.05, 0) is 61.0 Å². The molecule has 1 atom stereocenters. The maximum Gasteiger partial charge on any atom is 0.119 e. The second-order valence-corrected chi connectivity index (χ2v) is 5.33. The first-order valence-corrected chi connectivity index (χ1v) is 6.38. The summed E-state index contributed by atoms with van der Waals surface area (Å²) in [6.45, 7) is 2.19. The minimum absolute atomic E-state index is 0.200. The van der Waals surface area contributed by atoms with E-state index in [2.05, 4.69) is 17.4 Å². The minimum Gasteiger partial charge on any atom is -0.497 e. The maximum absolute atomic E-state index is 6.48. The smallest absolute Gasteiger partial charge is 0.119 e. The summed E-state index contributed by atoms with van der Waals surface area (Å²) in [6.07, 6.45) is 3.48. The molecule has 1 aliphatic carbocycles. The zero-order valence-corrected chi connectivity index (χ0v) is 10.3. The number of rotatable bonds is 1. The lowest BCUT2D eigenvalue weighted by Crippen LogP contribution is -2.41. The van der Waals surface area contributed by atoms with E-state index in [1.807, 2.05) is 6.07 Å². The Bertz CT molecular complexity index is 424. The predicted octanol–water partition coefficient (Wildman–Crippen LogP) is 1.62. The summed E-state index contributed by atoms with van der Waals surface area (Å²) < 4.78 is 5.30. The number of hydrogen-bond acceptors (Lipinski definition) is 3. The second-order valence-electron chi connectivity index (χ2n) is 5.33. The van der Waals surface area contributed by atoms with E-state index < -0.39 is 0 Å². The number of benzene rings is 1. The highest BCUT2D eigenvalue weighted by molar-refractivity contribution is 5.43. The molecule has 3 heteroatoms. The van der Waals surface area contributed by atoms with Crippen molar-refractivity contribution in [2.24, 2.45) is 11.1 Å². The number of ether oxygens (including phenoxy) is 1. The molecule has 1 spiro atoms. The summed E-state index contributed by atoms with van der Waals surface area (Å²) in [4.78, 5) is 0. The van der Waals surface area contributed by atoms with Crippen molar-refractivity contribution in [2.75, 3.05) is 20.2 Å². The molecule has 1 aliphatic heterocycles. The average molecular weight is 232 g/mol. The minimum atomic E-state index is 0.200. The van der Waals surface area contributed by atoms with Gasteiger partial charge in [-0.15, -0.1) is 0 Å². The second kappa shape index (κ2) is 4.00. The molecule has 3 nitrogen and oxygen atoms in total. The molecule has 1 aromatic rings. The number of fused-ring (bicyclic) bond motifs is 1. The monoisotopic (exact) mass is 232 g/mol. The molecule has 0 aromatic heterocycles. The predicted molar refractivity (Wildman–Crippen MR) is 68.2 cm³/mol. The number of hydrogen-bond donors (Lipinski definition) is 2. The van der Waals surface area contributed by atoms with Crippen LogP contribution in [0.5, 0.6) is 5.75 Å². The number of piperidine rings is 1. The van der Waals surface area contributed by atoms with Crippen LogP contribution in [0.15, 0.2) is 18.2 Å². The molecular weight excluding hydrogens is 212 g/mol. The highest BCUT2D eigenvalue weighted by Crippen LogP contribution is 2.50. The fourth-order valence-electron chi connectivity index (χ4n) is 3.40. The molecule has 3 N–H and O–H groups in total. The van der Waals surface area contributed by atoms with E-state index in [0.717, 1.165) is 25.3 Å². The van der Waals surface area contributed by atoms with E-state index in [4.69, 9.17) is 10.5 Å². The first-order valence-electron chi connectivity index (χ1n) is 6.38. The van der Waals surface area contributed by atoms with Crippen molar-refractivity contribution in [3.05, 3.63) is 29.3 Å². The van der Waals surface area contributed by atoms with E-state index in [1.54, 1.807) is 7.11 Å². The Morgan fingerprint density at radius 3 is 2.82 bits per heavy atom. The van der Waals surface area contributed by atoms with Crippen LogP contribution in [0.4, 0.5) is 0 Å². The Balaban J connectivity index is 1.95. The molecule has 1 heterocycles. The first kappa shape index (κ1) is 11.1. The van der Waals surface area contributed by atoms with E-state index >= 15 is 0 Å². The van der Waals surface area contributed by atoms with Crippen molar-refractivity contribution in [1.82, 2.24) is 5.32 Å². The van der Waals surface area contributed by atoms with Gasteiger partial charge in [0.15, 0.2) is 0 Å². The van der Waals surface area contributed by atoms with Crippen molar-refractivity contribution < 1.29 is 4.74 Å². The molecule has 17 heavy (non-hydrogen) atoms. The third-order valence-electron chi connectivity index (χ3n) is 4.49. The molecule has 0 amide bonds. The van der Waals surface area contributed by atoms with Gasteiger partial charge in [-0.25, -0.2) is 0 Å². The number of nitrogens with one attached hydrogen (secondary N) is 1. The van der Waals surface area contributed by atoms with Gasteiger partial charge >= 0.3 is 0 Å². The third kappa shape index (κ3) is 1.65. The van der Waals surface area contributed by atoms with Crippen molar-refractivity contribution in [2.45, 2.75) is 25.3 Å². The molecule has 2 aliphatic rings. The van der Waals surface area contributed by atoms with Gasteiger partial charge in [-0.3, -0.25) is 0 Å². The fourth-order valence-corrected chi connectivity index (χ4v) is 3.40. The van der Waals surface area contributed by atoms with E-state index in [0.29, 0.717) is 5.41 Å². The van der Waals surface area contributed by atoms with Gasteiger partial charge in [0.1, 0.15) is 5.75 Å². The van der Waals surface area contributed by atoms with Gasteiger partial charge in [0, 0.05) is 6.04 Å². The maximum atomic E-state index is 6.48. The van der Waals surface area contributed by atoms with E-state index in [-0.39, 0.29) is 6.04 Å². The van der Waals surface area contributed by atoms with E-state index in [1.165, 1.54) is 24.0 Å². The van der Waals surface area contributed by atoms with Crippen LogP contribution in [-0.4, -0.2) is 20.2 Å². The lowest BCUT2D eigenvalue weighted by atomic mass is 9.73. The Morgan fingerprint density at radius 1 is 1.35 bits per heavy atom. The van der Waals surface area contributed by atoms with Crippen molar-refractivity contribution in [3.63, 3.8) is 0 Å². The Hall–Kier alpha value is -1.06. The van der Waals surface area contributed by atoms with Crippen LogP contribution in [0, 0.1) is 5.41 Å². The molecule has 0 unspecified atom stereocenters. The van der Waals surface area contributed by atoms with Crippen molar-refractivity contribution in [3.8, 4) is 5.75 Å². The van der Waals surface area contributed by atoms with Crippen LogP contribution in [0.1, 0.15) is 30.0 Å². The SMILES string of the molecule is COc1ccc2c(c1)CC1(CCNCC1)[C@@H]2N. The van der Waals surface area contributed by atoms with Gasteiger partial charge < -0.3 is 15.8 Å². The summed E-state index contributed by atoms with van der Waals surface area (Å²) in [5, 5.41) is 3.43. The van der Waals surface area contributed by atoms with Crippen LogP contribution in [-0.2, 0) is 6.42 Å². The summed E-state index contributed by atoms with van der Waals surface area (Å²) in [7, 11) is 1.72. The zero-order chi connectivity index (χ0) is 11.9. The summed E-state index contributed by atoms with van der Waals surface area (Å²) in [6, 6.07) is 6.53. The molecule has 1 fully saturated rings. The molecule has 92 valence electrons. The van der Waals surface area contributed by atoms with Gasteiger partial charge in [0.2, 0.25) is 0 Å². The molecule has 1 aromatic carbocycles. The highest BCUT2D eigenvalue weighted by atomic mass is 16.5. The van der Waals surface area contributed by atoms with Crippen LogP contribution in [0.25, 0.3) is 0 Å². The molecule has 0 bridgehead atoms. The lowest BCUT2D eigenvalue weighted by molar-refractivity contribution is 0.174. The lowest BCUT2D eigenvalue weighted by Gasteiger charge is -2.37. The summed E-state index contributed by atoms with van der Waals surface area (Å²) in [5.74, 6) is 0.946. The Morgan fingerprint density at radius 2 is 2.12 bits per heavy atom. The van der Waals surface area contributed by atoms with Crippen molar-refractivity contribution in [1.29, 1.82) is 0 Å².